The van der Waals surface area contributed by atoms with Crippen LogP contribution >= 0.6 is 0 Å². The van der Waals surface area contributed by atoms with E-state index in [1.165, 1.54) is 7.11 Å². The van der Waals surface area contributed by atoms with Gasteiger partial charge < -0.3 is 14.6 Å². The zero-order chi connectivity index (χ0) is 20.3. The molecule has 2 saturated carbocycles. The second-order valence-corrected chi connectivity index (χ2v) is 10.3. The summed E-state index contributed by atoms with van der Waals surface area (Å²) in [6.07, 6.45) is 6.45. The van der Waals surface area contributed by atoms with Gasteiger partial charge >= 0.3 is 5.97 Å². The fraction of sp³-hybridized carbons (Fsp3) is 0.826. The molecule has 1 spiro atoms. The van der Waals surface area contributed by atoms with Crippen LogP contribution in [0.2, 0.25) is 0 Å². The molecule has 1 N–H and O–H groups in total. The van der Waals surface area contributed by atoms with Crippen molar-refractivity contribution in [2.75, 3.05) is 14.2 Å². The van der Waals surface area contributed by atoms with E-state index in [1.54, 1.807) is 7.11 Å². The van der Waals surface area contributed by atoms with Crippen LogP contribution in [0.3, 0.4) is 0 Å². The van der Waals surface area contributed by atoms with Crippen LogP contribution in [0, 0.1) is 23.7 Å². The van der Waals surface area contributed by atoms with Crippen molar-refractivity contribution < 1.29 is 24.2 Å². The second-order valence-electron chi connectivity index (χ2n) is 10.3. The highest BCUT2D eigenvalue weighted by atomic mass is 16.5. The molecule has 5 bridgehead atoms. The Balaban J connectivity index is 1.68. The van der Waals surface area contributed by atoms with Crippen LogP contribution in [0.1, 0.15) is 51.9 Å². The van der Waals surface area contributed by atoms with Gasteiger partial charge in [0.15, 0.2) is 5.78 Å². The molecular formula is C23H31NO5. The van der Waals surface area contributed by atoms with Crippen LogP contribution < -0.4 is 0 Å². The molecule has 3 saturated heterocycles. The average Bonchev–Trinajstić information content (AvgIpc) is 3.11. The molecule has 0 radical (unpaired) electrons. The van der Waals surface area contributed by atoms with E-state index in [9.17, 15) is 14.7 Å². The summed E-state index contributed by atoms with van der Waals surface area (Å²) in [6.45, 7) is 2.29. The van der Waals surface area contributed by atoms with Crippen molar-refractivity contribution in [3.63, 3.8) is 0 Å². The highest BCUT2D eigenvalue weighted by molar-refractivity contribution is 6.20. The molecule has 3 aliphatic heterocycles. The number of methoxy groups -OCH3 is 2. The largest absolute Gasteiger partial charge is 0.465 e. The Labute approximate surface area is 171 Å². The molecule has 0 aromatic carbocycles. The Hall–Kier alpha value is -1.24. The van der Waals surface area contributed by atoms with Gasteiger partial charge in [-0.3, -0.25) is 9.69 Å². The van der Waals surface area contributed by atoms with E-state index in [1.807, 2.05) is 0 Å². The Morgan fingerprint density at radius 1 is 1.17 bits per heavy atom. The van der Waals surface area contributed by atoms with Gasteiger partial charge in [0.1, 0.15) is 5.57 Å². The fourth-order valence-electron chi connectivity index (χ4n) is 9.12. The van der Waals surface area contributed by atoms with Gasteiger partial charge in [-0.15, -0.1) is 0 Å². The van der Waals surface area contributed by atoms with Gasteiger partial charge in [-0.1, -0.05) is 6.42 Å². The summed E-state index contributed by atoms with van der Waals surface area (Å²) in [7, 11) is 3.02. The summed E-state index contributed by atoms with van der Waals surface area (Å²) < 4.78 is 10.9. The molecule has 10 atom stereocenters. The van der Waals surface area contributed by atoms with Crippen LogP contribution in [-0.4, -0.2) is 65.3 Å². The number of piperidine rings is 2. The number of esters is 1. The van der Waals surface area contributed by atoms with Gasteiger partial charge in [-0.2, -0.15) is 0 Å². The number of aliphatic hydroxyl groups is 1. The van der Waals surface area contributed by atoms with Gasteiger partial charge in [0.05, 0.1) is 30.3 Å². The van der Waals surface area contributed by atoms with Crippen LogP contribution in [0.4, 0.5) is 0 Å². The van der Waals surface area contributed by atoms with Crippen molar-refractivity contribution in [1.29, 1.82) is 0 Å². The highest BCUT2D eigenvalue weighted by Crippen LogP contribution is 2.74. The first-order valence-electron chi connectivity index (χ1n) is 11.3. The minimum absolute atomic E-state index is 0.114. The van der Waals surface area contributed by atoms with Crippen LogP contribution in [0.5, 0.6) is 0 Å². The topological polar surface area (TPSA) is 76.1 Å². The molecule has 1 unspecified atom stereocenters. The summed E-state index contributed by atoms with van der Waals surface area (Å²) in [6, 6.07) is 0.761. The first-order valence-corrected chi connectivity index (χ1v) is 11.3. The number of fused-ring (bicyclic) bond motifs is 2. The predicted octanol–water partition coefficient (Wildman–Crippen LogP) is 1.85. The number of hydrogen-bond acceptors (Lipinski definition) is 6. The number of ketones is 1. The number of carbonyl (C=O) groups is 2. The Morgan fingerprint density at radius 2 is 1.97 bits per heavy atom. The van der Waals surface area contributed by atoms with E-state index in [2.05, 4.69) is 11.8 Å². The molecule has 5 fully saturated rings. The molecule has 0 amide bonds. The summed E-state index contributed by atoms with van der Waals surface area (Å²) in [5, 5.41) is 12.1. The van der Waals surface area contributed by atoms with Gasteiger partial charge in [0.25, 0.3) is 0 Å². The predicted molar refractivity (Wildman–Crippen MR) is 104 cm³/mol. The van der Waals surface area contributed by atoms with Crippen molar-refractivity contribution in [2.24, 2.45) is 23.7 Å². The van der Waals surface area contributed by atoms with Gasteiger partial charge in [0.2, 0.25) is 0 Å². The third-order valence-corrected chi connectivity index (χ3v) is 9.67. The standard InChI is InChI=1S/C23H31NO5/c1-11-7-8-13-15-9-12-10-22(13,27)20-18(21(26)29-3)19(25)17-14(23(12,20)24(11)15)5-4-6-16(17)28-2/h11-17,27H,4-10H2,1-3H3/t11-,12-,13+,14+,15+,16-,17-,22+,23+/m1/s1. The second kappa shape index (κ2) is 5.71. The molecule has 6 rings (SSSR count). The van der Waals surface area contributed by atoms with Crippen LogP contribution in [0.25, 0.3) is 0 Å². The summed E-state index contributed by atoms with van der Waals surface area (Å²) >= 11 is 0. The molecule has 3 aliphatic carbocycles. The lowest BCUT2D eigenvalue weighted by atomic mass is 9.53. The minimum Gasteiger partial charge on any atom is -0.465 e. The van der Waals surface area contributed by atoms with Gasteiger partial charge in [0, 0.05) is 30.7 Å². The lowest BCUT2D eigenvalue weighted by Crippen LogP contribution is -2.72. The normalized spacial score (nSPS) is 54.4. The monoisotopic (exact) mass is 401 g/mol. The summed E-state index contributed by atoms with van der Waals surface area (Å²) in [4.78, 5) is 29.5. The quantitative estimate of drug-likeness (QED) is 0.562. The molecule has 6 heteroatoms. The van der Waals surface area contributed by atoms with E-state index >= 15 is 0 Å². The maximum Gasteiger partial charge on any atom is 0.341 e. The third-order valence-electron chi connectivity index (χ3n) is 9.67. The van der Waals surface area contributed by atoms with E-state index in [4.69, 9.17) is 9.47 Å². The maximum atomic E-state index is 13.8. The average molecular weight is 402 g/mol. The van der Waals surface area contributed by atoms with Crippen molar-refractivity contribution >= 4 is 11.8 Å². The minimum atomic E-state index is -1.03. The van der Waals surface area contributed by atoms with Gasteiger partial charge in [-0.05, 0) is 57.3 Å². The third kappa shape index (κ3) is 1.83. The van der Waals surface area contributed by atoms with Gasteiger partial charge in [-0.25, -0.2) is 4.79 Å². The molecule has 0 aromatic rings. The van der Waals surface area contributed by atoms with Crippen molar-refractivity contribution in [3.8, 4) is 0 Å². The number of rotatable bonds is 2. The van der Waals surface area contributed by atoms with Crippen LogP contribution in [0.15, 0.2) is 11.1 Å². The number of nitrogens with zero attached hydrogens (tertiary/aromatic N) is 1. The van der Waals surface area contributed by atoms with E-state index in [0.29, 0.717) is 24.4 Å². The van der Waals surface area contributed by atoms with Crippen molar-refractivity contribution in [1.82, 2.24) is 4.90 Å². The van der Waals surface area contributed by atoms with Crippen molar-refractivity contribution in [3.05, 3.63) is 11.1 Å². The molecule has 6 nitrogen and oxygen atoms in total. The number of carbonyl (C=O) groups excluding carboxylic acids is 2. The first kappa shape index (κ1) is 18.5. The van der Waals surface area contributed by atoms with Crippen molar-refractivity contribution in [2.45, 2.75) is 81.2 Å². The Morgan fingerprint density at radius 3 is 2.69 bits per heavy atom. The molecular weight excluding hydrogens is 370 g/mol. The lowest BCUT2D eigenvalue weighted by Gasteiger charge is -2.64. The maximum absolute atomic E-state index is 13.8. The Kier molecular flexibility index (Phi) is 3.65. The molecule has 29 heavy (non-hydrogen) atoms. The summed E-state index contributed by atoms with van der Waals surface area (Å²) in [5.74, 6) is -0.500. The molecule has 3 heterocycles. The fourth-order valence-corrected chi connectivity index (χ4v) is 9.12. The Bertz CT molecular complexity index is 837. The summed E-state index contributed by atoms with van der Waals surface area (Å²) in [5.41, 5.74) is -0.508. The molecule has 158 valence electrons. The number of Topliss-reactive ketones (excluding diaryl/α,β-unsaturated/α-hetero) is 1. The first-order chi connectivity index (χ1) is 13.9. The lowest BCUT2D eigenvalue weighted by molar-refractivity contribution is -0.159. The zero-order valence-electron chi connectivity index (χ0n) is 17.5. The molecule has 6 aliphatic rings. The van der Waals surface area contributed by atoms with E-state index < -0.39 is 11.6 Å². The zero-order valence-corrected chi connectivity index (χ0v) is 17.5. The molecule has 0 aromatic heterocycles. The van der Waals surface area contributed by atoms with E-state index in [0.717, 1.165) is 44.1 Å². The highest BCUT2D eigenvalue weighted by Gasteiger charge is 2.80. The SMILES string of the molecule is COC(=O)C1=C2[C@]3([C@@H]4C[C@H]5[C@H](CC[C@@H](C)N53)[C@@]2(O)C4)[C@H]2CCC[C@@H](OC)[C@@H]2C1=O. The smallest absolute Gasteiger partial charge is 0.341 e. The van der Waals surface area contributed by atoms with Crippen LogP contribution in [-0.2, 0) is 19.1 Å². The van der Waals surface area contributed by atoms with E-state index in [-0.39, 0.29) is 40.8 Å². The number of ether oxygens (including phenoxy) is 2. The number of hydrogen-bond donors (Lipinski definition) is 1.